The number of rotatable bonds is 5. The molecule has 0 radical (unpaired) electrons. The number of hydrogen-bond donors (Lipinski definition) is 2. The number of carbonyl (C=O) groups excluding carboxylic acids is 3. The third kappa shape index (κ3) is 3.17. The summed E-state index contributed by atoms with van der Waals surface area (Å²) in [5.74, 6) is -1.12. The monoisotopic (exact) mass is 366 g/mol. The third-order valence-corrected chi connectivity index (χ3v) is 4.36. The maximum Gasteiger partial charge on any atom is 0.262 e. The maximum absolute atomic E-state index is 13.2. The average Bonchev–Trinajstić information content (AvgIpc) is 3.16. The third-order valence-electron chi connectivity index (χ3n) is 4.36. The molecule has 0 atom stereocenters. The fourth-order valence-electron chi connectivity index (χ4n) is 3.06. The number of hydrogen-bond acceptors (Lipinski definition) is 4. The van der Waals surface area contributed by atoms with E-state index in [-0.39, 0.29) is 18.9 Å². The molecular formula is C19H15FN4O3. The van der Waals surface area contributed by atoms with E-state index in [0.717, 1.165) is 4.90 Å². The van der Waals surface area contributed by atoms with Gasteiger partial charge in [0.25, 0.3) is 11.8 Å². The molecule has 3 amide bonds. The van der Waals surface area contributed by atoms with Gasteiger partial charge in [-0.05, 0) is 30.3 Å². The van der Waals surface area contributed by atoms with Crippen LogP contribution in [0.4, 0.5) is 4.39 Å². The van der Waals surface area contributed by atoms with E-state index in [9.17, 15) is 18.8 Å². The predicted octanol–water partition coefficient (Wildman–Crippen LogP) is 1.66. The normalized spacial score (nSPS) is 13.3. The Hall–Kier alpha value is -3.55. The van der Waals surface area contributed by atoms with Gasteiger partial charge in [0.2, 0.25) is 5.91 Å². The molecule has 1 aliphatic rings. The molecule has 4 rings (SSSR count). The Labute approximate surface area is 153 Å². The maximum atomic E-state index is 13.2. The number of benzene rings is 2. The van der Waals surface area contributed by atoms with E-state index >= 15 is 0 Å². The number of fused-ring (bicyclic) bond motifs is 2. The molecule has 0 bridgehead atoms. The van der Waals surface area contributed by atoms with Crippen molar-refractivity contribution in [3.05, 3.63) is 65.2 Å². The van der Waals surface area contributed by atoms with Crippen LogP contribution in [-0.4, -0.2) is 45.7 Å². The summed E-state index contributed by atoms with van der Waals surface area (Å²) < 4.78 is 13.2. The Morgan fingerprint density at radius 1 is 1.11 bits per heavy atom. The summed E-state index contributed by atoms with van der Waals surface area (Å²) in [6.07, 6.45) is 0.407. The van der Waals surface area contributed by atoms with E-state index in [1.165, 1.54) is 12.1 Å². The first-order chi connectivity index (χ1) is 13.0. The summed E-state index contributed by atoms with van der Waals surface area (Å²) >= 11 is 0. The van der Waals surface area contributed by atoms with Gasteiger partial charge >= 0.3 is 0 Å². The lowest BCUT2D eigenvalue weighted by Gasteiger charge is -2.13. The molecule has 1 aromatic heterocycles. The smallest absolute Gasteiger partial charge is 0.262 e. The van der Waals surface area contributed by atoms with Crippen molar-refractivity contribution < 1.29 is 18.8 Å². The number of carbonyl (C=O) groups is 3. The highest BCUT2D eigenvalue weighted by Gasteiger charge is 2.36. The summed E-state index contributed by atoms with van der Waals surface area (Å²) in [7, 11) is 0. The van der Waals surface area contributed by atoms with Crippen LogP contribution in [0.5, 0.6) is 0 Å². The number of imidazole rings is 1. The Kier molecular flexibility index (Phi) is 4.15. The quantitative estimate of drug-likeness (QED) is 0.672. The van der Waals surface area contributed by atoms with Gasteiger partial charge in [-0.2, -0.15) is 0 Å². The molecule has 0 unspecified atom stereocenters. The van der Waals surface area contributed by atoms with Crippen LogP contribution >= 0.6 is 0 Å². The first-order valence-electron chi connectivity index (χ1n) is 8.39. The molecule has 2 aromatic carbocycles. The van der Waals surface area contributed by atoms with Crippen molar-refractivity contribution in [1.82, 2.24) is 20.2 Å². The minimum atomic E-state index is -0.468. The molecule has 0 saturated heterocycles. The highest BCUT2D eigenvalue weighted by Crippen LogP contribution is 2.21. The number of H-pyrrole nitrogens is 1. The van der Waals surface area contributed by atoms with Crippen LogP contribution in [-0.2, 0) is 11.2 Å². The van der Waals surface area contributed by atoms with Crippen molar-refractivity contribution in [2.75, 3.05) is 13.1 Å². The first kappa shape index (κ1) is 16.9. The van der Waals surface area contributed by atoms with Crippen molar-refractivity contribution in [3.63, 3.8) is 0 Å². The predicted molar refractivity (Wildman–Crippen MR) is 94.6 cm³/mol. The number of imide groups is 1. The van der Waals surface area contributed by atoms with E-state index in [0.29, 0.717) is 34.4 Å². The molecule has 8 heteroatoms. The van der Waals surface area contributed by atoms with Gasteiger partial charge in [-0.1, -0.05) is 12.1 Å². The molecule has 0 fully saturated rings. The lowest BCUT2D eigenvalue weighted by Crippen LogP contribution is -2.40. The zero-order valence-electron chi connectivity index (χ0n) is 14.2. The molecule has 0 spiro atoms. The molecule has 0 saturated carbocycles. The average molecular weight is 366 g/mol. The SMILES string of the molecule is O=C(CN1C(=O)c2ccccc2C1=O)NCCc1nc2ccc(F)cc2[nH]1. The highest BCUT2D eigenvalue weighted by molar-refractivity contribution is 6.22. The van der Waals surface area contributed by atoms with Crippen LogP contribution in [0, 0.1) is 5.82 Å². The minimum Gasteiger partial charge on any atom is -0.354 e. The lowest BCUT2D eigenvalue weighted by atomic mass is 10.1. The summed E-state index contributed by atoms with van der Waals surface area (Å²) in [6.45, 7) is -0.0675. The fraction of sp³-hybridized carbons (Fsp3) is 0.158. The minimum absolute atomic E-state index is 0.268. The Balaban J connectivity index is 1.33. The molecule has 3 aromatic rings. The van der Waals surface area contributed by atoms with Crippen LogP contribution in [0.25, 0.3) is 11.0 Å². The molecule has 0 aliphatic carbocycles. The van der Waals surface area contributed by atoms with Gasteiger partial charge < -0.3 is 10.3 Å². The second kappa shape index (κ2) is 6.64. The fourth-order valence-corrected chi connectivity index (χ4v) is 3.06. The topological polar surface area (TPSA) is 95.2 Å². The van der Waals surface area contributed by atoms with E-state index in [1.54, 1.807) is 30.3 Å². The van der Waals surface area contributed by atoms with Crippen molar-refractivity contribution in [2.24, 2.45) is 0 Å². The van der Waals surface area contributed by atoms with Crippen molar-refractivity contribution in [2.45, 2.75) is 6.42 Å². The number of amides is 3. The zero-order valence-corrected chi connectivity index (χ0v) is 14.2. The number of nitrogens with zero attached hydrogens (tertiary/aromatic N) is 2. The molecule has 7 nitrogen and oxygen atoms in total. The van der Waals surface area contributed by atoms with Crippen LogP contribution < -0.4 is 5.32 Å². The van der Waals surface area contributed by atoms with Crippen molar-refractivity contribution >= 4 is 28.8 Å². The van der Waals surface area contributed by atoms with Gasteiger partial charge in [-0.3, -0.25) is 19.3 Å². The zero-order chi connectivity index (χ0) is 19.0. The highest BCUT2D eigenvalue weighted by atomic mass is 19.1. The number of aromatic nitrogens is 2. The van der Waals surface area contributed by atoms with E-state index in [1.807, 2.05) is 0 Å². The van der Waals surface area contributed by atoms with Gasteiger partial charge in [0.05, 0.1) is 22.2 Å². The van der Waals surface area contributed by atoms with Crippen LogP contribution in [0.2, 0.25) is 0 Å². The number of halogens is 1. The van der Waals surface area contributed by atoms with Crippen molar-refractivity contribution in [3.8, 4) is 0 Å². The molecule has 2 N–H and O–H groups in total. The van der Waals surface area contributed by atoms with Crippen LogP contribution in [0.1, 0.15) is 26.5 Å². The Morgan fingerprint density at radius 2 is 1.81 bits per heavy atom. The Bertz CT molecular complexity index is 1040. The van der Waals surface area contributed by atoms with Gasteiger partial charge in [0.15, 0.2) is 0 Å². The van der Waals surface area contributed by atoms with E-state index in [2.05, 4.69) is 15.3 Å². The summed E-state index contributed by atoms with van der Waals surface area (Å²) in [6, 6.07) is 10.7. The van der Waals surface area contributed by atoms with Gasteiger partial charge in [-0.25, -0.2) is 9.37 Å². The Morgan fingerprint density at radius 3 is 2.52 bits per heavy atom. The number of nitrogens with one attached hydrogen (secondary N) is 2. The first-order valence-corrected chi connectivity index (χ1v) is 8.39. The summed E-state index contributed by atoms with van der Waals surface area (Å²) in [5, 5.41) is 2.66. The van der Waals surface area contributed by atoms with Gasteiger partial charge in [0, 0.05) is 13.0 Å². The van der Waals surface area contributed by atoms with Crippen molar-refractivity contribution in [1.29, 1.82) is 0 Å². The summed E-state index contributed by atoms with van der Waals surface area (Å²) in [4.78, 5) is 44.8. The van der Waals surface area contributed by atoms with Crippen LogP contribution in [0.15, 0.2) is 42.5 Å². The van der Waals surface area contributed by atoms with E-state index < -0.39 is 17.7 Å². The standard InChI is InChI=1S/C19H15FN4O3/c20-11-5-6-14-15(9-11)23-16(22-14)7-8-21-17(25)10-24-18(26)12-3-1-2-4-13(12)19(24)27/h1-6,9H,7-8,10H2,(H,21,25)(H,22,23). The van der Waals surface area contributed by atoms with Crippen LogP contribution in [0.3, 0.4) is 0 Å². The second-order valence-corrected chi connectivity index (χ2v) is 6.19. The lowest BCUT2D eigenvalue weighted by molar-refractivity contribution is -0.121. The largest absolute Gasteiger partial charge is 0.354 e. The van der Waals surface area contributed by atoms with E-state index in [4.69, 9.17) is 0 Å². The second-order valence-electron chi connectivity index (χ2n) is 6.19. The number of aromatic amines is 1. The molecule has 27 heavy (non-hydrogen) atoms. The molecule has 2 heterocycles. The molecular weight excluding hydrogens is 351 g/mol. The molecule has 136 valence electrons. The summed E-state index contributed by atoms with van der Waals surface area (Å²) in [5.41, 5.74) is 1.85. The molecule has 1 aliphatic heterocycles. The van der Waals surface area contributed by atoms with Gasteiger partial charge in [-0.15, -0.1) is 0 Å². The van der Waals surface area contributed by atoms with Gasteiger partial charge in [0.1, 0.15) is 18.2 Å².